The fourth-order valence-electron chi connectivity index (χ4n) is 2.45. The van der Waals surface area contributed by atoms with Crippen LogP contribution in [0.2, 0.25) is 0 Å². The molecule has 1 aromatic carbocycles. The number of nitrogens with one attached hydrogen (secondary N) is 1. The molecule has 130 valence electrons. The Bertz CT molecular complexity index is 1190. The third-order valence-corrected chi connectivity index (χ3v) is 5.61. The summed E-state index contributed by atoms with van der Waals surface area (Å²) < 4.78 is 3.98. The minimum atomic E-state index is -0.339. The number of hydrogen-bond acceptors (Lipinski definition) is 7. The molecule has 0 atom stereocenters. The number of carbonyl (C=O) groups excluding carboxylic acids is 1. The number of fused-ring (bicyclic) bond motifs is 1. The van der Waals surface area contributed by atoms with Gasteiger partial charge in [-0.2, -0.15) is 0 Å². The van der Waals surface area contributed by atoms with Crippen molar-refractivity contribution in [1.29, 1.82) is 0 Å². The molecule has 0 aliphatic heterocycles. The Balaban J connectivity index is 1.71. The molecule has 1 N–H and O–H groups in total. The molecule has 0 saturated heterocycles. The summed E-state index contributed by atoms with van der Waals surface area (Å²) in [6, 6.07) is 9.49. The van der Waals surface area contributed by atoms with Gasteiger partial charge in [0.2, 0.25) is 5.91 Å². The van der Waals surface area contributed by atoms with Gasteiger partial charge in [0.15, 0.2) is 14.7 Å². The maximum Gasteiger partial charge on any atom is 0.273 e. The molecule has 0 bridgehead atoms. The summed E-state index contributed by atoms with van der Waals surface area (Å²) >= 11 is 7.91. The zero-order chi connectivity index (χ0) is 18.1. The Labute approximate surface area is 160 Å². The Kier molecular flexibility index (Phi) is 4.45. The second-order valence-corrected chi connectivity index (χ2v) is 7.79. The Morgan fingerprint density at radius 3 is 2.77 bits per heavy atom. The van der Waals surface area contributed by atoms with Gasteiger partial charge < -0.3 is 5.32 Å². The van der Waals surface area contributed by atoms with Crippen molar-refractivity contribution in [1.82, 2.24) is 19.1 Å². The zero-order valence-electron chi connectivity index (χ0n) is 13.2. The Morgan fingerprint density at radius 1 is 1.23 bits per heavy atom. The van der Waals surface area contributed by atoms with E-state index in [1.807, 2.05) is 30.3 Å². The number of aromatic nitrogens is 4. The standard InChI is InChI=1S/C16H11N5O2S3/c22-11(19-15-17-6-7-25-15)8-20-9-18-13-12(14(20)23)26-16(24)21(13)10-4-2-1-3-5-10/h1-7,9H,8H2,(H,17,19,22). The van der Waals surface area contributed by atoms with E-state index in [1.165, 1.54) is 33.6 Å². The van der Waals surface area contributed by atoms with Crippen molar-refractivity contribution in [3.05, 3.63) is 62.5 Å². The maximum absolute atomic E-state index is 12.7. The highest BCUT2D eigenvalue weighted by atomic mass is 32.1. The molecule has 3 aromatic heterocycles. The molecule has 7 nitrogen and oxygen atoms in total. The number of nitrogens with zero attached hydrogens (tertiary/aromatic N) is 4. The first-order valence-corrected chi connectivity index (χ1v) is 9.59. The number of amides is 1. The van der Waals surface area contributed by atoms with Crippen LogP contribution in [0.5, 0.6) is 0 Å². The third kappa shape index (κ3) is 3.09. The molecule has 3 heterocycles. The van der Waals surface area contributed by atoms with Crippen LogP contribution in [0.1, 0.15) is 0 Å². The molecule has 10 heteroatoms. The van der Waals surface area contributed by atoms with Crippen molar-refractivity contribution in [2.45, 2.75) is 6.54 Å². The van der Waals surface area contributed by atoms with Gasteiger partial charge in [-0.1, -0.05) is 29.5 Å². The summed E-state index contributed by atoms with van der Waals surface area (Å²) in [5.74, 6) is -0.339. The van der Waals surface area contributed by atoms with Crippen molar-refractivity contribution >= 4 is 56.3 Å². The molecule has 1 amide bonds. The number of anilines is 1. The summed E-state index contributed by atoms with van der Waals surface area (Å²) in [5.41, 5.74) is 1.04. The van der Waals surface area contributed by atoms with Crippen LogP contribution < -0.4 is 10.9 Å². The monoisotopic (exact) mass is 401 g/mol. The van der Waals surface area contributed by atoms with Gasteiger partial charge in [-0.3, -0.25) is 18.7 Å². The molecular weight excluding hydrogens is 390 g/mol. The Morgan fingerprint density at radius 2 is 2.04 bits per heavy atom. The lowest BCUT2D eigenvalue weighted by Gasteiger charge is -2.06. The molecule has 0 unspecified atom stereocenters. The van der Waals surface area contributed by atoms with E-state index in [1.54, 1.807) is 16.1 Å². The van der Waals surface area contributed by atoms with Gasteiger partial charge in [0.1, 0.15) is 17.6 Å². The molecule has 0 aliphatic carbocycles. The number of rotatable bonds is 4. The van der Waals surface area contributed by atoms with E-state index < -0.39 is 0 Å². The van der Waals surface area contributed by atoms with E-state index >= 15 is 0 Å². The number of benzene rings is 1. The molecule has 0 radical (unpaired) electrons. The normalized spacial score (nSPS) is 10.9. The topological polar surface area (TPSA) is 81.8 Å². The molecular formula is C16H11N5O2S3. The lowest BCUT2D eigenvalue weighted by atomic mass is 10.3. The predicted octanol–water partition coefficient (Wildman–Crippen LogP) is 3.07. The van der Waals surface area contributed by atoms with Crippen LogP contribution in [0.25, 0.3) is 16.0 Å². The molecule has 0 spiro atoms. The summed E-state index contributed by atoms with van der Waals surface area (Å²) in [6.45, 7) is -0.142. The fourth-order valence-corrected chi connectivity index (χ4v) is 4.33. The Hall–Kier alpha value is -2.69. The lowest BCUT2D eigenvalue weighted by molar-refractivity contribution is -0.116. The smallest absolute Gasteiger partial charge is 0.273 e. The molecule has 0 saturated carbocycles. The second-order valence-electron chi connectivity index (χ2n) is 5.25. The van der Waals surface area contributed by atoms with Crippen molar-refractivity contribution in [3.8, 4) is 5.69 Å². The van der Waals surface area contributed by atoms with Crippen molar-refractivity contribution < 1.29 is 4.79 Å². The summed E-state index contributed by atoms with van der Waals surface area (Å²) in [5, 5.41) is 4.89. The van der Waals surface area contributed by atoms with Crippen LogP contribution >= 0.6 is 34.9 Å². The minimum Gasteiger partial charge on any atom is -0.300 e. The first-order valence-electron chi connectivity index (χ1n) is 7.49. The lowest BCUT2D eigenvalue weighted by Crippen LogP contribution is -2.27. The third-order valence-electron chi connectivity index (χ3n) is 3.57. The van der Waals surface area contributed by atoms with E-state index in [2.05, 4.69) is 15.3 Å². The van der Waals surface area contributed by atoms with Crippen molar-refractivity contribution in [3.63, 3.8) is 0 Å². The highest BCUT2D eigenvalue weighted by molar-refractivity contribution is 7.73. The first kappa shape index (κ1) is 16.8. The number of carbonyl (C=O) groups is 1. The first-order chi connectivity index (χ1) is 12.6. The van der Waals surface area contributed by atoms with E-state index in [0.29, 0.717) is 19.4 Å². The van der Waals surface area contributed by atoms with Gasteiger partial charge >= 0.3 is 0 Å². The second kappa shape index (κ2) is 6.90. The minimum absolute atomic E-state index is 0.142. The van der Waals surface area contributed by atoms with Crippen LogP contribution in [0.15, 0.2) is 53.0 Å². The summed E-state index contributed by atoms with van der Waals surface area (Å²) in [6.07, 6.45) is 2.96. The van der Waals surface area contributed by atoms with Gasteiger partial charge in [0.25, 0.3) is 5.56 Å². The van der Waals surface area contributed by atoms with Gasteiger partial charge in [0, 0.05) is 17.3 Å². The molecule has 4 aromatic rings. The van der Waals surface area contributed by atoms with E-state index in [9.17, 15) is 9.59 Å². The maximum atomic E-state index is 12.7. The molecule has 4 rings (SSSR count). The fraction of sp³-hybridized carbons (Fsp3) is 0.0625. The van der Waals surface area contributed by atoms with Gasteiger partial charge in [0.05, 0.1) is 0 Å². The van der Waals surface area contributed by atoms with Crippen LogP contribution in [0, 0.1) is 3.95 Å². The SMILES string of the molecule is O=C(Cn1cnc2c(sc(=S)n2-c2ccccc2)c1=O)Nc1nccs1. The zero-order valence-corrected chi connectivity index (χ0v) is 15.6. The predicted molar refractivity (Wildman–Crippen MR) is 105 cm³/mol. The number of para-hydroxylation sites is 1. The van der Waals surface area contributed by atoms with Crippen LogP contribution in [0.4, 0.5) is 5.13 Å². The van der Waals surface area contributed by atoms with E-state index in [-0.39, 0.29) is 18.0 Å². The van der Waals surface area contributed by atoms with Gasteiger partial charge in [-0.25, -0.2) is 9.97 Å². The molecule has 0 aliphatic rings. The molecule has 26 heavy (non-hydrogen) atoms. The van der Waals surface area contributed by atoms with Gasteiger partial charge in [-0.05, 0) is 24.4 Å². The highest BCUT2D eigenvalue weighted by Crippen LogP contribution is 2.22. The largest absolute Gasteiger partial charge is 0.300 e. The van der Waals surface area contributed by atoms with Crippen LogP contribution in [-0.2, 0) is 11.3 Å². The van der Waals surface area contributed by atoms with Crippen LogP contribution in [0.3, 0.4) is 0 Å². The van der Waals surface area contributed by atoms with E-state index in [4.69, 9.17) is 12.2 Å². The van der Waals surface area contributed by atoms with Crippen molar-refractivity contribution in [2.24, 2.45) is 0 Å². The molecule has 0 fully saturated rings. The quantitative estimate of drug-likeness (QED) is 0.532. The van der Waals surface area contributed by atoms with Crippen molar-refractivity contribution in [2.75, 3.05) is 5.32 Å². The summed E-state index contributed by atoms with van der Waals surface area (Å²) in [7, 11) is 0. The summed E-state index contributed by atoms with van der Waals surface area (Å²) in [4.78, 5) is 33.2. The highest BCUT2D eigenvalue weighted by Gasteiger charge is 2.15. The average molecular weight is 401 g/mol. The van der Waals surface area contributed by atoms with E-state index in [0.717, 1.165) is 5.69 Å². The number of thiazole rings is 2. The van der Waals surface area contributed by atoms with Gasteiger partial charge in [-0.15, -0.1) is 11.3 Å². The average Bonchev–Trinajstić information content (AvgIpc) is 3.25. The van der Waals surface area contributed by atoms with Crippen LogP contribution in [-0.4, -0.2) is 25.0 Å². The number of hydrogen-bond donors (Lipinski definition) is 1.